The van der Waals surface area contributed by atoms with Crippen LogP contribution in [0.5, 0.6) is 0 Å². The predicted octanol–water partition coefficient (Wildman–Crippen LogP) is 4.27. The Kier molecular flexibility index (Phi) is 5.22. The number of non-ortho nitro benzene ring substituents is 1. The molecule has 8 nitrogen and oxygen atoms in total. The minimum absolute atomic E-state index is 0.0530. The summed E-state index contributed by atoms with van der Waals surface area (Å²) in [6, 6.07) is 13.9. The molecule has 1 amide bonds. The standard InChI is InChI=1S/C22H14ClN3O5/c23-15-6-8-16(9-7-15)25-19(14-4-2-10-24-12-14)18(21(28)22(25)29)20(27)13-3-1-5-17(11-13)26(30)31/h1-12,19,27H/b20-18-. The van der Waals surface area contributed by atoms with Crippen molar-refractivity contribution in [3.63, 3.8) is 0 Å². The number of anilines is 1. The van der Waals surface area contributed by atoms with Crippen molar-refractivity contribution in [1.82, 2.24) is 4.98 Å². The third-order valence-corrected chi connectivity index (χ3v) is 5.13. The molecule has 3 aromatic rings. The molecule has 9 heteroatoms. The first kappa shape index (κ1) is 20.2. The van der Waals surface area contributed by atoms with Crippen LogP contribution in [0.15, 0.2) is 78.6 Å². The van der Waals surface area contributed by atoms with Gasteiger partial charge in [-0.1, -0.05) is 29.8 Å². The van der Waals surface area contributed by atoms with E-state index >= 15 is 0 Å². The van der Waals surface area contributed by atoms with Gasteiger partial charge in [0.05, 0.1) is 16.5 Å². The van der Waals surface area contributed by atoms with E-state index in [-0.39, 0.29) is 16.8 Å². The van der Waals surface area contributed by atoms with Gasteiger partial charge in [0.1, 0.15) is 5.76 Å². The lowest BCUT2D eigenvalue weighted by Crippen LogP contribution is -2.29. The second-order valence-electron chi connectivity index (χ2n) is 6.74. The quantitative estimate of drug-likeness (QED) is 0.215. The largest absolute Gasteiger partial charge is 0.507 e. The van der Waals surface area contributed by atoms with Crippen LogP contribution in [0, 0.1) is 10.1 Å². The van der Waals surface area contributed by atoms with Gasteiger partial charge in [-0.2, -0.15) is 0 Å². The van der Waals surface area contributed by atoms with Crippen LogP contribution in [-0.4, -0.2) is 26.7 Å². The summed E-state index contributed by atoms with van der Waals surface area (Å²) in [5.41, 5.74) is 0.502. The van der Waals surface area contributed by atoms with Crippen molar-refractivity contribution in [3.8, 4) is 0 Å². The van der Waals surface area contributed by atoms with Crippen LogP contribution in [0.2, 0.25) is 5.02 Å². The number of nitro benzene ring substituents is 1. The third-order valence-electron chi connectivity index (χ3n) is 4.88. The first-order chi connectivity index (χ1) is 14.9. The molecule has 0 radical (unpaired) electrons. The lowest BCUT2D eigenvalue weighted by atomic mass is 9.96. The summed E-state index contributed by atoms with van der Waals surface area (Å²) >= 11 is 5.95. The number of pyridine rings is 1. The zero-order chi connectivity index (χ0) is 22.1. The molecule has 4 rings (SSSR count). The summed E-state index contributed by atoms with van der Waals surface area (Å²) in [5.74, 6) is -2.26. The number of benzene rings is 2. The average molecular weight is 436 g/mol. The molecule has 1 atom stereocenters. The molecule has 1 saturated heterocycles. The molecule has 1 aromatic heterocycles. The molecule has 1 aliphatic rings. The number of aromatic nitrogens is 1. The topological polar surface area (TPSA) is 114 Å². The number of hydrogen-bond donors (Lipinski definition) is 1. The molecule has 154 valence electrons. The third kappa shape index (κ3) is 3.64. The van der Waals surface area contributed by atoms with Crippen molar-refractivity contribution in [2.45, 2.75) is 6.04 Å². The fourth-order valence-electron chi connectivity index (χ4n) is 3.48. The molecule has 1 N–H and O–H groups in total. The number of aliphatic hydroxyl groups excluding tert-OH is 1. The molecule has 2 heterocycles. The highest BCUT2D eigenvalue weighted by Gasteiger charge is 2.47. The molecule has 1 unspecified atom stereocenters. The van der Waals surface area contributed by atoms with Gasteiger partial charge in [-0.15, -0.1) is 0 Å². The Balaban J connectivity index is 1.93. The second kappa shape index (κ2) is 8.00. The van der Waals surface area contributed by atoms with Crippen LogP contribution < -0.4 is 4.90 Å². The van der Waals surface area contributed by atoms with E-state index in [9.17, 15) is 24.8 Å². The second-order valence-corrected chi connectivity index (χ2v) is 7.18. The van der Waals surface area contributed by atoms with E-state index in [2.05, 4.69) is 4.98 Å². The summed E-state index contributed by atoms with van der Waals surface area (Å²) in [6.07, 6.45) is 3.03. The lowest BCUT2D eigenvalue weighted by molar-refractivity contribution is -0.384. The highest BCUT2D eigenvalue weighted by molar-refractivity contribution is 6.51. The number of hydrogen-bond acceptors (Lipinski definition) is 6. The summed E-state index contributed by atoms with van der Waals surface area (Å²) in [5, 5.41) is 22.5. The number of amides is 1. The zero-order valence-electron chi connectivity index (χ0n) is 15.8. The molecule has 0 bridgehead atoms. The van der Waals surface area contributed by atoms with Crippen LogP contribution >= 0.6 is 11.6 Å². The van der Waals surface area contributed by atoms with Gasteiger partial charge >= 0.3 is 0 Å². The number of ketones is 1. The lowest BCUT2D eigenvalue weighted by Gasteiger charge is -2.25. The summed E-state index contributed by atoms with van der Waals surface area (Å²) in [4.78, 5) is 41.8. The number of carbonyl (C=O) groups is 2. The fraction of sp³-hybridized carbons (Fsp3) is 0.0455. The fourth-order valence-corrected chi connectivity index (χ4v) is 3.60. The Morgan fingerprint density at radius 3 is 2.48 bits per heavy atom. The van der Waals surface area contributed by atoms with Crippen molar-refractivity contribution in [2.24, 2.45) is 0 Å². The molecule has 1 aliphatic heterocycles. The Hall–Kier alpha value is -4.04. The maximum Gasteiger partial charge on any atom is 0.300 e. The normalized spacial score (nSPS) is 17.7. The zero-order valence-corrected chi connectivity index (χ0v) is 16.6. The first-order valence-corrected chi connectivity index (χ1v) is 9.47. The van der Waals surface area contributed by atoms with Gasteiger partial charge in [0.2, 0.25) is 0 Å². The molecule has 0 spiro atoms. The Morgan fingerprint density at radius 2 is 1.84 bits per heavy atom. The van der Waals surface area contributed by atoms with Gasteiger partial charge in [0.15, 0.2) is 0 Å². The molecule has 2 aromatic carbocycles. The van der Waals surface area contributed by atoms with Crippen LogP contribution in [-0.2, 0) is 9.59 Å². The van der Waals surface area contributed by atoms with Gasteiger partial charge in [-0.25, -0.2) is 0 Å². The molecular formula is C22H14ClN3O5. The number of nitrogens with zero attached hydrogens (tertiary/aromatic N) is 3. The minimum Gasteiger partial charge on any atom is -0.507 e. The highest BCUT2D eigenvalue weighted by atomic mass is 35.5. The maximum atomic E-state index is 13.0. The first-order valence-electron chi connectivity index (χ1n) is 9.10. The minimum atomic E-state index is -0.978. The Morgan fingerprint density at radius 1 is 1.10 bits per heavy atom. The van der Waals surface area contributed by atoms with Crippen molar-refractivity contribution in [2.75, 3.05) is 4.90 Å². The molecule has 0 aliphatic carbocycles. The van der Waals surface area contributed by atoms with E-state index < -0.39 is 28.4 Å². The van der Waals surface area contributed by atoms with Crippen LogP contribution in [0.25, 0.3) is 5.76 Å². The highest BCUT2D eigenvalue weighted by Crippen LogP contribution is 2.42. The number of aliphatic hydroxyl groups is 1. The summed E-state index contributed by atoms with van der Waals surface area (Å²) < 4.78 is 0. The predicted molar refractivity (Wildman–Crippen MR) is 114 cm³/mol. The van der Waals surface area contributed by atoms with Gasteiger partial charge in [0.25, 0.3) is 17.4 Å². The Labute approximate surface area is 181 Å². The molecule has 1 fully saturated rings. The van der Waals surface area contributed by atoms with Crippen molar-refractivity contribution in [1.29, 1.82) is 0 Å². The van der Waals surface area contributed by atoms with E-state index in [0.29, 0.717) is 16.3 Å². The van der Waals surface area contributed by atoms with Crippen molar-refractivity contribution < 1.29 is 19.6 Å². The van der Waals surface area contributed by atoms with Crippen molar-refractivity contribution in [3.05, 3.63) is 105 Å². The number of Topliss-reactive ketones (excluding diaryl/α,β-unsaturated/α-hetero) is 1. The van der Waals surface area contributed by atoms with Crippen LogP contribution in [0.3, 0.4) is 0 Å². The van der Waals surface area contributed by atoms with E-state index in [0.717, 1.165) is 6.07 Å². The molecule has 0 saturated carbocycles. The summed E-state index contributed by atoms with van der Waals surface area (Å²) in [7, 11) is 0. The van der Waals surface area contributed by atoms with Crippen LogP contribution in [0.1, 0.15) is 17.2 Å². The van der Waals surface area contributed by atoms with E-state index in [1.54, 1.807) is 42.6 Å². The summed E-state index contributed by atoms with van der Waals surface area (Å²) in [6.45, 7) is 0. The Bertz CT molecular complexity index is 1230. The van der Waals surface area contributed by atoms with E-state index in [1.807, 2.05) is 0 Å². The number of nitro groups is 1. The van der Waals surface area contributed by atoms with Gasteiger partial charge in [-0.3, -0.25) is 29.6 Å². The van der Waals surface area contributed by atoms with E-state index in [4.69, 9.17) is 11.6 Å². The SMILES string of the molecule is O=C1C(=O)N(c2ccc(Cl)cc2)C(c2cccnc2)/C1=C(/O)c1cccc([N+](=O)[O-])c1. The van der Waals surface area contributed by atoms with Crippen LogP contribution in [0.4, 0.5) is 11.4 Å². The maximum absolute atomic E-state index is 13.0. The monoisotopic (exact) mass is 435 g/mol. The number of halogens is 1. The van der Waals surface area contributed by atoms with E-state index in [1.165, 1.54) is 29.3 Å². The van der Waals surface area contributed by atoms with Gasteiger partial charge in [-0.05, 0) is 35.9 Å². The number of carbonyl (C=O) groups excluding carboxylic acids is 2. The smallest absolute Gasteiger partial charge is 0.300 e. The molecular weight excluding hydrogens is 422 g/mol. The average Bonchev–Trinajstić information content (AvgIpc) is 3.05. The number of rotatable bonds is 4. The van der Waals surface area contributed by atoms with Crippen molar-refractivity contribution >= 4 is 40.4 Å². The van der Waals surface area contributed by atoms with Gasteiger partial charge < -0.3 is 5.11 Å². The van der Waals surface area contributed by atoms with Gasteiger partial charge in [0, 0.05) is 40.8 Å². The molecule has 31 heavy (non-hydrogen) atoms.